The molecule has 1 aromatic rings. The van der Waals surface area contributed by atoms with Crippen LogP contribution in [-0.2, 0) is 0 Å². The molecule has 1 heterocycles. The first kappa shape index (κ1) is 8.23. The highest BCUT2D eigenvalue weighted by Crippen LogP contribution is 2.14. The summed E-state index contributed by atoms with van der Waals surface area (Å²) in [5, 5.41) is 3.26. The third-order valence-corrected chi connectivity index (χ3v) is 1.30. The fraction of sp³-hybridized carbons (Fsp3) is 0.143. The van der Waals surface area contributed by atoms with E-state index in [0.29, 0.717) is 11.8 Å². The Morgan fingerprint density at radius 2 is 2.50 bits per heavy atom. The van der Waals surface area contributed by atoms with Crippen LogP contribution < -0.4 is 0 Å². The van der Waals surface area contributed by atoms with Gasteiger partial charge in [-0.25, -0.2) is 0 Å². The van der Waals surface area contributed by atoms with Crippen LogP contribution >= 0.6 is 0 Å². The fourth-order valence-corrected chi connectivity index (χ4v) is 0.797. The third kappa shape index (κ3) is 1.59. The number of aldehydes is 1. The van der Waals surface area contributed by atoms with Gasteiger partial charge in [-0.05, 0) is 29.2 Å². The Bertz CT molecular complexity index is 354. The van der Waals surface area contributed by atoms with Gasteiger partial charge in [0.1, 0.15) is 5.82 Å². The lowest BCUT2D eigenvalue weighted by Crippen LogP contribution is -1.85. The second-order valence-corrected chi connectivity index (χ2v) is 2.23. The standard InChI is InChI=1S/C7H6N4O/c1-5-2-6(4-12)7(9-3-5)10-11-8/h2-4H,1H3. The normalized spacial score (nSPS) is 8.75. The zero-order chi connectivity index (χ0) is 8.97. The number of aromatic nitrogens is 1. The van der Waals surface area contributed by atoms with Crippen LogP contribution in [0.3, 0.4) is 0 Å². The smallest absolute Gasteiger partial charge is 0.152 e. The molecule has 1 aromatic heterocycles. The van der Waals surface area contributed by atoms with Gasteiger partial charge in [0.15, 0.2) is 6.29 Å². The Kier molecular flexibility index (Phi) is 2.40. The quantitative estimate of drug-likeness (QED) is 0.289. The second-order valence-electron chi connectivity index (χ2n) is 2.23. The second kappa shape index (κ2) is 3.50. The van der Waals surface area contributed by atoms with Crippen LogP contribution in [0.1, 0.15) is 15.9 Å². The minimum Gasteiger partial charge on any atom is -0.298 e. The maximum atomic E-state index is 10.4. The highest BCUT2D eigenvalue weighted by molar-refractivity contribution is 5.81. The molecule has 0 saturated heterocycles. The van der Waals surface area contributed by atoms with E-state index in [9.17, 15) is 4.79 Å². The van der Waals surface area contributed by atoms with Crippen LogP contribution in [0.4, 0.5) is 5.82 Å². The SMILES string of the molecule is Cc1cnc(N=[N+]=[N-])c(C=O)c1. The van der Waals surface area contributed by atoms with Crippen molar-refractivity contribution in [1.29, 1.82) is 0 Å². The minimum atomic E-state index is 0.123. The fourth-order valence-electron chi connectivity index (χ4n) is 0.797. The van der Waals surface area contributed by atoms with E-state index >= 15 is 0 Å². The van der Waals surface area contributed by atoms with Crippen molar-refractivity contribution >= 4 is 12.1 Å². The molecular weight excluding hydrogens is 156 g/mol. The Labute approximate surface area is 68.7 Å². The monoisotopic (exact) mass is 162 g/mol. The molecule has 0 amide bonds. The van der Waals surface area contributed by atoms with Gasteiger partial charge >= 0.3 is 0 Å². The summed E-state index contributed by atoms with van der Waals surface area (Å²) in [6, 6.07) is 1.62. The van der Waals surface area contributed by atoms with Crippen molar-refractivity contribution in [3.8, 4) is 0 Å². The summed E-state index contributed by atoms with van der Waals surface area (Å²) in [5.41, 5.74) is 9.28. The molecule has 60 valence electrons. The van der Waals surface area contributed by atoms with E-state index in [1.807, 2.05) is 0 Å². The lowest BCUT2D eigenvalue weighted by molar-refractivity contribution is 0.112. The molecule has 0 spiro atoms. The summed E-state index contributed by atoms with van der Waals surface area (Å²) in [6.45, 7) is 1.81. The van der Waals surface area contributed by atoms with E-state index < -0.39 is 0 Å². The predicted octanol–water partition coefficient (Wildman–Crippen LogP) is 2.14. The van der Waals surface area contributed by atoms with Crippen molar-refractivity contribution in [2.75, 3.05) is 0 Å². The highest BCUT2D eigenvalue weighted by atomic mass is 16.1. The first-order chi connectivity index (χ1) is 5.77. The third-order valence-electron chi connectivity index (χ3n) is 1.30. The van der Waals surface area contributed by atoms with E-state index in [1.165, 1.54) is 6.20 Å². The average Bonchev–Trinajstić information content (AvgIpc) is 2.08. The van der Waals surface area contributed by atoms with Crippen LogP contribution in [0.5, 0.6) is 0 Å². The Morgan fingerprint density at radius 3 is 3.08 bits per heavy atom. The minimum absolute atomic E-state index is 0.123. The molecule has 0 aliphatic heterocycles. The molecule has 0 N–H and O–H groups in total. The zero-order valence-corrected chi connectivity index (χ0v) is 6.43. The van der Waals surface area contributed by atoms with Gasteiger partial charge in [-0.3, -0.25) is 9.78 Å². The van der Waals surface area contributed by atoms with Gasteiger partial charge in [0.25, 0.3) is 0 Å². The summed E-state index contributed by atoms with van der Waals surface area (Å²) >= 11 is 0. The lowest BCUT2D eigenvalue weighted by Gasteiger charge is -1.96. The van der Waals surface area contributed by atoms with Gasteiger partial charge < -0.3 is 0 Å². The number of hydrogen-bond acceptors (Lipinski definition) is 3. The van der Waals surface area contributed by atoms with Crippen molar-refractivity contribution in [2.24, 2.45) is 5.11 Å². The number of nitrogens with zero attached hydrogens (tertiary/aromatic N) is 4. The first-order valence-electron chi connectivity index (χ1n) is 3.25. The molecule has 0 unspecified atom stereocenters. The van der Waals surface area contributed by atoms with Crippen LogP contribution in [0.15, 0.2) is 17.4 Å². The molecule has 1 rings (SSSR count). The number of carbonyl (C=O) groups excluding carboxylic acids is 1. The molecule has 0 radical (unpaired) electrons. The van der Waals surface area contributed by atoms with Crippen LogP contribution in [0.25, 0.3) is 10.4 Å². The average molecular weight is 162 g/mol. The van der Waals surface area contributed by atoms with Crippen molar-refractivity contribution < 1.29 is 4.79 Å². The Hall–Kier alpha value is -1.87. The maximum absolute atomic E-state index is 10.4. The molecule has 5 nitrogen and oxygen atoms in total. The number of hydrogen-bond donors (Lipinski definition) is 0. The molecule has 0 bridgehead atoms. The summed E-state index contributed by atoms with van der Waals surface area (Å²) in [4.78, 5) is 16.8. The number of azide groups is 1. The number of aryl methyl sites for hydroxylation is 1. The molecular formula is C7H6N4O. The van der Waals surface area contributed by atoms with Gasteiger partial charge in [-0.2, -0.15) is 0 Å². The molecule has 0 atom stereocenters. The van der Waals surface area contributed by atoms with Gasteiger partial charge in [-0.15, -0.1) is 0 Å². The maximum Gasteiger partial charge on any atom is 0.152 e. The number of carbonyl (C=O) groups is 1. The Morgan fingerprint density at radius 1 is 1.75 bits per heavy atom. The predicted molar refractivity (Wildman–Crippen MR) is 43.2 cm³/mol. The number of pyridine rings is 1. The van der Waals surface area contributed by atoms with E-state index in [0.717, 1.165) is 5.56 Å². The van der Waals surface area contributed by atoms with Crippen molar-refractivity contribution in [3.63, 3.8) is 0 Å². The molecule has 12 heavy (non-hydrogen) atoms. The topological polar surface area (TPSA) is 78.7 Å². The van der Waals surface area contributed by atoms with Gasteiger partial charge in [0, 0.05) is 16.7 Å². The van der Waals surface area contributed by atoms with E-state index in [-0.39, 0.29) is 5.82 Å². The summed E-state index contributed by atoms with van der Waals surface area (Å²) in [7, 11) is 0. The largest absolute Gasteiger partial charge is 0.298 e. The van der Waals surface area contributed by atoms with E-state index in [1.54, 1.807) is 13.0 Å². The van der Waals surface area contributed by atoms with E-state index in [2.05, 4.69) is 15.0 Å². The molecule has 0 saturated carbocycles. The molecule has 0 aromatic carbocycles. The van der Waals surface area contributed by atoms with Crippen molar-refractivity contribution in [3.05, 3.63) is 33.8 Å². The lowest BCUT2D eigenvalue weighted by atomic mass is 10.2. The van der Waals surface area contributed by atoms with Gasteiger partial charge in [-0.1, -0.05) is 0 Å². The summed E-state index contributed by atoms with van der Waals surface area (Å²) in [5.74, 6) is 0.123. The molecule has 0 aliphatic rings. The van der Waals surface area contributed by atoms with Crippen LogP contribution in [0.2, 0.25) is 0 Å². The zero-order valence-electron chi connectivity index (χ0n) is 6.43. The molecule has 0 aliphatic carbocycles. The highest BCUT2D eigenvalue weighted by Gasteiger charge is 1.99. The molecule has 5 heteroatoms. The summed E-state index contributed by atoms with van der Waals surface area (Å²) < 4.78 is 0. The molecule has 0 fully saturated rings. The van der Waals surface area contributed by atoms with Crippen molar-refractivity contribution in [2.45, 2.75) is 6.92 Å². The van der Waals surface area contributed by atoms with Crippen LogP contribution in [-0.4, -0.2) is 11.3 Å². The Balaban J connectivity index is 3.28. The van der Waals surface area contributed by atoms with Gasteiger partial charge in [0.2, 0.25) is 0 Å². The first-order valence-corrected chi connectivity index (χ1v) is 3.25. The van der Waals surface area contributed by atoms with E-state index in [4.69, 9.17) is 5.53 Å². The number of rotatable bonds is 2. The van der Waals surface area contributed by atoms with Crippen molar-refractivity contribution in [1.82, 2.24) is 4.98 Å². The van der Waals surface area contributed by atoms with Crippen LogP contribution in [0, 0.1) is 6.92 Å². The summed E-state index contributed by atoms with van der Waals surface area (Å²) in [6.07, 6.45) is 2.15. The van der Waals surface area contributed by atoms with Gasteiger partial charge in [0.05, 0.1) is 0 Å².